The average Bonchev–Trinajstić information content (AvgIpc) is 3.73. The lowest BCUT2D eigenvalue weighted by atomic mass is 9.68. The molecule has 2 N–H and O–H groups in total. The fourth-order valence-corrected chi connectivity index (χ4v) is 9.71. The number of nitrogens with zero attached hydrogens (tertiary/aromatic N) is 1. The van der Waals surface area contributed by atoms with Crippen LogP contribution in [-0.4, -0.2) is 4.98 Å². The highest BCUT2D eigenvalue weighted by molar-refractivity contribution is 6.21. The molecule has 1 aromatic heterocycles. The molecule has 0 fully saturated rings. The number of nitrogens with two attached hydrogens (primary N) is 1. The van der Waals surface area contributed by atoms with Gasteiger partial charge in [-0.1, -0.05) is 164 Å². The Morgan fingerprint density at radius 3 is 1.85 bits per heavy atom. The van der Waals surface area contributed by atoms with Gasteiger partial charge in [-0.05, 0) is 119 Å². The summed E-state index contributed by atoms with van der Waals surface area (Å²) in [6, 6.07) is 62.8. The highest BCUT2D eigenvalue weighted by atomic mass is 14.8. The van der Waals surface area contributed by atoms with Crippen LogP contribution in [-0.2, 0) is 5.41 Å². The summed E-state index contributed by atoms with van der Waals surface area (Å²) in [5.41, 5.74) is 22.4. The largest absolute Gasteiger partial charge is 0.397 e. The molecule has 0 unspecified atom stereocenters. The first-order valence-corrected chi connectivity index (χ1v) is 19.0. The van der Waals surface area contributed by atoms with Crippen LogP contribution in [0.25, 0.3) is 82.7 Å². The molecule has 0 amide bonds. The second kappa shape index (κ2) is 12.0. The van der Waals surface area contributed by atoms with Gasteiger partial charge in [-0.25, -0.2) is 4.98 Å². The van der Waals surface area contributed by atoms with E-state index in [0.717, 1.165) is 17.0 Å². The lowest BCUT2D eigenvalue weighted by Crippen LogP contribution is -2.26. The lowest BCUT2D eigenvalue weighted by Gasteiger charge is -2.32. The average molecular weight is 701 g/mol. The highest BCUT2D eigenvalue weighted by Gasteiger charge is 2.53. The van der Waals surface area contributed by atoms with Gasteiger partial charge in [0.25, 0.3) is 0 Å². The van der Waals surface area contributed by atoms with Gasteiger partial charge in [-0.2, -0.15) is 0 Å². The molecular formula is C53H36N2. The molecule has 0 aliphatic heterocycles. The van der Waals surface area contributed by atoms with Gasteiger partial charge in [-0.3, -0.25) is 0 Å². The van der Waals surface area contributed by atoms with Crippen molar-refractivity contribution in [3.63, 3.8) is 0 Å². The van der Waals surface area contributed by atoms with Gasteiger partial charge in [0.2, 0.25) is 0 Å². The molecule has 2 nitrogen and oxygen atoms in total. The van der Waals surface area contributed by atoms with E-state index in [4.69, 9.17) is 10.7 Å². The van der Waals surface area contributed by atoms with E-state index in [2.05, 4.69) is 152 Å². The Morgan fingerprint density at radius 2 is 1.13 bits per heavy atom. The third-order valence-corrected chi connectivity index (χ3v) is 12.0. The quantitative estimate of drug-likeness (QED) is 0.147. The van der Waals surface area contributed by atoms with E-state index < -0.39 is 5.41 Å². The molecule has 9 aromatic rings. The molecule has 2 aliphatic rings. The summed E-state index contributed by atoms with van der Waals surface area (Å²) in [5, 5.41) is 7.76. The van der Waals surface area contributed by atoms with Crippen LogP contribution >= 0.6 is 0 Å². The van der Waals surface area contributed by atoms with Crippen molar-refractivity contribution >= 4 is 38.0 Å². The molecule has 55 heavy (non-hydrogen) atoms. The molecule has 0 bridgehead atoms. The Labute approximate surface area is 320 Å². The Morgan fingerprint density at radius 1 is 0.509 bits per heavy atom. The Hall–Kier alpha value is -7.03. The van der Waals surface area contributed by atoms with E-state index in [1.807, 2.05) is 43.4 Å². The predicted molar refractivity (Wildman–Crippen MR) is 231 cm³/mol. The second-order valence-corrected chi connectivity index (χ2v) is 14.7. The van der Waals surface area contributed by atoms with E-state index >= 15 is 0 Å². The number of pyridine rings is 1. The SMILES string of the molecule is C/C=C\C=C(/N)c1cccc(-c2ccc(-c3ccc4c5c(ccc4c3)-c3c(c4ccccc4c4ccccc34)C53c4ccccc4-c4ccccc43)cc2)n1. The van der Waals surface area contributed by atoms with Crippen LogP contribution in [0.5, 0.6) is 0 Å². The first kappa shape index (κ1) is 31.5. The van der Waals surface area contributed by atoms with Crippen LogP contribution in [0.4, 0.5) is 0 Å². The van der Waals surface area contributed by atoms with Crippen LogP contribution in [0.15, 0.2) is 188 Å². The highest BCUT2D eigenvalue weighted by Crippen LogP contribution is 2.66. The summed E-state index contributed by atoms with van der Waals surface area (Å²) in [6.07, 6.45) is 5.78. The summed E-state index contributed by atoms with van der Waals surface area (Å²) in [6.45, 7) is 1.98. The number of hydrogen-bond acceptors (Lipinski definition) is 2. The molecule has 1 heterocycles. The molecule has 2 heteroatoms. The van der Waals surface area contributed by atoms with Crippen LogP contribution in [0, 0.1) is 0 Å². The molecule has 258 valence electrons. The van der Waals surface area contributed by atoms with Crippen molar-refractivity contribution in [1.82, 2.24) is 4.98 Å². The number of hydrogen-bond donors (Lipinski definition) is 1. The standard InChI is InChI=1S/C53H36N2/c1-2-3-21-47(54)49-23-12-22-48(55-49)34-26-24-33(25-27-34)35-28-30-37-36(32-35)29-31-44-50-42-17-6-4-13-38(42)39-14-5-7-18-43(39)52(50)53(51(37)44)45-19-10-8-15-40(45)41-16-9-11-20-46(41)53/h2-32H,54H2,1H3/b3-2-,47-21-. The van der Waals surface area contributed by atoms with E-state index in [-0.39, 0.29) is 0 Å². The zero-order valence-corrected chi connectivity index (χ0v) is 30.4. The number of allylic oxidation sites excluding steroid dienone is 3. The number of rotatable bonds is 4. The van der Waals surface area contributed by atoms with Crippen LogP contribution in [0.3, 0.4) is 0 Å². The zero-order chi connectivity index (χ0) is 36.7. The predicted octanol–water partition coefficient (Wildman–Crippen LogP) is 13.1. The summed E-state index contributed by atoms with van der Waals surface area (Å²) < 4.78 is 0. The van der Waals surface area contributed by atoms with Gasteiger partial charge in [0, 0.05) is 5.56 Å². The molecular weight excluding hydrogens is 665 g/mol. The van der Waals surface area contributed by atoms with Crippen molar-refractivity contribution < 1.29 is 0 Å². The zero-order valence-electron chi connectivity index (χ0n) is 30.4. The normalized spacial score (nSPS) is 13.8. The van der Waals surface area contributed by atoms with Crippen molar-refractivity contribution in [2.45, 2.75) is 12.3 Å². The van der Waals surface area contributed by atoms with Crippen molar-refractivity contribution in [3.05, 3.63) is 216 Å². The summed E-state index contributed by atoms with van der Waals surface area (Å²) in [5.74, 6) is 0. The van der Waals surface area contributed by atoms with Gasteiger partial charge < -0.3 is 5.73 Å². The van der Waals surface area contributed by atoms with Crippen molar-refractivity contribution in [1.29, 1.82) is 0 Å². The summed E-state index contributed by atoms with van der Waals surface area (Å²) in [4.78, 5) is 4.87. The number of fused-ring (bicyclic) bond motifs is 17. The van der Waals surface area contributed by atoms with Gasteiger partial charge in [0.15, 0.2) is 0 Å². The molecule has 11 rings (SSSR count). The topological polar surface area (TPSA) is 38.9 Å². The van der Waals surface area contributed by atoms with Crippen LogP contribution in [0.1, 0.15) is 34.9 Å². The molecule has 0 radical (unpaired) electrons. The minimum Gasteiger partial charge on any atom is -0.397 e. The molecule has 0 saturated heterocycles. The van der Waals surface area contributed by atoms with Crippen molar-refractivity contribution in [2.75, 3.05) is 0 Å². The van der Waals surface area contributed by atoms with Crippen LogP contribution < -0.4 is 5.73 Å². The number of aromatic nitrogens is 1. The van der Waals surface area contributed by atoms with E-state index in [1.165, 1.54) is 88.0 Å². The molecule has 2 aliphatic carbocycles. The smallest absolute Gasteiger partial charge is 0.0866 e. The first-order chi connectivity index (χ1) is 27.2. The van der Waals surface area contributed by atoms with E-state index in [9.17, 15) is 0 Å². The molecule has 8 aromatic carbocycles. The third kappa shape index (κ3) is 4.40. The fourth-order valence-electron chi connectivity index (χ4n) is 9.71. The Kier molecular flexibility index (Phi) is 6.87. The van der Waals surface area contributed by atoms with E-state index in [1.54, 1.807) is 0 Å². The minimum absolute atomic E-state index is 0.475. The second-order valence-electron chi connectivity index (χ2n) is 14.7. The van der Waals surface area contributed by atoms with Gasteiger partial charge in [0.05, 0.1) is 22.5 Å². The third-order valence-electron chi connectivity index (χ3n) is 12.0. The maximum absolute atomic E-state index is 6.31. The first-order valence-electron chi connectivity index (χ1n) is 19.0. The number of benzene rings is 8. The molecule has 0 saturated carbocycles. The van der Waals surface area contributed by atoms with Gasteiger partial charge in [0.1, 0.15) is 0 Å². The van der Waals surface area contributed by atoms with Gasteiger partial charge >= 0.3 is 0 Å². The molecule has 1 spiro atoms. The monoisotopic (exact) mass is 700 g/mol. The maximum atomic E-state index is 6.31. The summed E-state index contributed by atoms with van der Waals surface area (Å²) in [7, 11) is 0. The fraction of sp³-hybridized carbons (Fsp3) is 0.0377. The van der Waals surface area contributed by atoms with Crippen molar-refractivity contribution in [3.8, 4) is 44.6 Å². The lowest BCUT2D eigenvalue weighted by molar-refractivity contribution is 0.809. The van der Waals surface area contributed by atoms with Crippen LogP contribution in [0.2, 0.25) is 0 Å². The van der Waals surface area contributed by atoms with E-state index in [0.29, 0.717) is 5.70 Å². The van der Waals surface area contributed by atoms with Gasteiger partial charge in [-0.15, -0.1) is 0 Å². The summed E-state index contributed by atoms with van der Waals surface area (Å²) >= 11 is 0. The molecule has 0 atom stereocenters. The Bertz CT molecular complexity index is 3060. The van der Waals surface area contributed by atoms with Crippen molar-refractivity contribution in [2.24, 2.45) is 5.73 Å². The minimum atomic E-state index is -0.475. The maximum Gasteiger partial charge on any atom is 0.0866 e. The Balaban J connectivity index is 1.13.